The Balaban J connectivity index is 2.43. The molecule has 19 heavy (non-hydrogen) atoms. The molecule has 0 spiro atoms. The van der Waals surface area contributed by atoms with E-state index >= 15 is 0 Å². The third-order valence-electron chi connectivity index (χ3n) is 2.81. The molecule has 3 N–H and O–H groups in total. The molecule has 106 valence electrons. The summed E-state index contributed by atoms with van der Waals surface area (Å²) in [6, 6.07) is 7.18. The van der Waals surface area contributed by atoms with Crippen LogP contribution in [0, 0.1) is 5.41 Å². The van der Waals surface area contributed by atoms with E-state index in [-0.39, 0.29) is 11.3 Å². The molecule has 4 nitrogen and oxygen atoms in total. The van der Waals surface area contributed by atoms with E-state index in [1.807, 2.05) is 12.1 Å². The molecule has 4 heteroatoms. The summed E-state index contributed by atoms with van der Waals surface area (Å²) < 4.78 is 5.54. The first-order valence-electron chi connectivity index (χ1n) is 6.56. The molecule has 0 bridgehead atoms. The normalized spacial score (nSPS) is 13.1. The lowest BCUT2D eigenvalue weighted by atomic mass is 9.93. The molecule has 0 radical (unpaired) electrons. The maximum atomic E-state index is 11.9. The highest BCUT2D eigenvalue weighted by molar-refractivity contribution is 5.96. The van der Waals surface area contributed by atoms with Gasteiger partial charge < -0.3 is 15.8 Å². The maximum Gasteiger partial charge on any atom is 0.253 e. The Morgan fingerprint density at radius 1 is 1.37 bits per heavy atom. The number of para-hydroxylation sites is 2. The quantitative estimate of drug-likeness (QED) is 0.803. The number of carbonyl (C=O) groups is 1. The lowest BCUT2D eigenvalue weighted by Gasteiger charge is -2.20. The first-order valence-corrected chi connectivity index (χ1v) is 6.56. The molecule has 1 amide bonds. The fourth-order valence-electron chi connectivity index (χ4n) is 1.46. The minimum absolute atomic E-state index is 0.174. The Bertz CT molecular complexity index is 424. The van der Waals surface area contributed by atoms with Crippen molar-refractivity contribution in [2.75, 3.05) is 17.7 Å². The molecule has 0 fully saturated rings. The van der Waals surface area contributed by atoms with Gasteiger partial charge in [0.1, 0.15) is 6.10 Å². The molecule has 0 aliphatic carbocycles. The number of nitrogen functional groups attached to an aromatic ring is 1. The first-order chi connectivity index (χ1) is 8.79. The van der Waals surface area contributed by atoms with Gasteiger partial charge >= 0.3 is 0 Å². The number of carbonyl (C=O) groups excluding carboxylic acids is 1. The zero-order chi connectivity index (χ0) is 14.5. The van der Waals surface area contributed by atoms with Crippen molar-refractivity contribution in [3.8, 4) is 0 Å². The lowest BCUT2D eigenvalue weighted by Crippen LogP contribution is -2.29. The smallest absolute Gasteiger partial charge is 0.253 e. The van der Waals surface area contributed by atoms with Gasteiger partial charge in [0.05, 0.1) is 11.4 Å². The van der Waals surface area contributed by atoms with Gasteiger partial charge in [0.25, 0.3) is 5.91 Å². The number of amides is 1. The van der Waals surface area contributed by atoms with Crippen LogP contribution in [0.2, 0.25) is 0 Å². The third kappa shape index (κ3) is 5.75. The summed E-state index contributed by atoms with van der Waals surface area (Å²) in [5.74, 6) is -0.174. The van der Waals surface area contributed by atoms with E-state index in [9.17, 15) is 4.79 Å². The molecule has 1 atom stereocenters. The van der Waals surface area contributed by atoms with E-state index in [0.717, 1.165) is 6.42 Å². The van der Waals surface area contributed by atoms with Gasteiger partial charge in [-0.1, -0.05) is 32.9 Å². The van der Waals surface area contributed by atoms with Gasteiger partial charge in [0.2, 0.25) is 0 Å². The van der Waals surface area contributed by atoms with E-state index in [4.69, 9.17) is 10.5 Å². The molecule has 0 aromatic heterocycles. The average Bonchev–Trinajstić information content (AvgIpc) is 2.30. The van der Waals surface area contributed by atoms with E-state index in [1.165, 1.54) is 0 Å². The summed E-state index contributed by atoms with van der Waals surface area (Å²) in [6.07, 6.45) is 0.430. The summed E-state index contributed by atoms with van der Waals surface area (Å²) in [4.78, 5) is 11.9. The number of rotatable bonds is 5. The van der Waals surface area contributed by atoms with Crippen LogP contribution in [-0.4, -0.2) is 18.6 Å². The van der Waals surface area contributed by atoms with Crippen molar-refractivity contribution >= 4 is 17.3 Å². The van der Waals surface area contributed by atoms with Crippen LogP contribution < -0.4 is 11.1 Å². The Morgan fingerprint density at radius 3 is 2.58 bits per heavy atom. The molecular formula is C15H24N2O2. The number of hydrogen-bond donors (Lipinski definition) is 2. The van der Waals surface area contributed by atoms with Crippen molar-refractivity contribution < 1.29 is 9.53 Å². The third-order valence-corrected chi connectivity index (χ3v) is 2.81. The maximum absolute atomic E-state index is 11.9. The van der Waals surface area contributed by atoms with Crippen LogP contribution in [0.15, 0.2) is 24.3 Å². The van der Waals surface area contributed by atoms with Crippen LogP contribution in [0.5, 0.6) is 0 Å². The van der Waals surface area contributed by atoms with Gasteiger partial charge in [-0.15, -0.1) is 0 Å². The summed E-state index contributed by atoms with van der Waals surface area (Å²) in [7, 11) is 0. The highest BCUT2D eigenvalue weighted by Crippen LogP contribution is 2.19. The topological polar surface area (TPSA) is 64.3 Å². The fraction of sp³-hybridized carbons (Fsp3) is 0.533. The van der Waals surface area contributed by atoms with Gasteiger partial charge in [0, 0.05) is 6.61 Å². The summed E-state index contributed by atoms with van der Waals surface area (Å²) in [5, 5.41) is 2.77. The van der Waals surface area contributed by atoms with Crippen LogP contribution >= 0.6 is 0 Å². The number of benzene rings is 1. The number of nitrogens with one attached hydrogen (secondary N) is 1. The van der Waals surface area contributed by atoms with Crippen molar-refractivity contribution in [2.24, 2.45) is 5.41 Å². The minimum Gasteiger partial charge on any atom is -0.397 e. The Hall–Kier alpha value is -1.55. The van der Waals surface area contributed by atoms with Gasteiger partial charge in [-0.05, 0) is 30.9 Å². The Kier molecular flexibility index (Phi) is 5.36. The molecule has 0 heterocycles. The molecule has 1 aromatic rings. The largest absolute Gasteiger partial charge is 0.397 e. The van der Waals surface area contributed by atoms with Crippen LogP contribution in [0.3, 0.4) is 0 Å². The number of ether oxygens (including phenoxy) is 1. The molecule has 1 rings (SSSR count). The second-order valence-electron chi connectivity index (χ2n) is 5.90. The van der Waals surface area contributed by atoms with Crippen molar-refractivity contribution in [3.63, 3.8) is 0 Å². The average molecular weight is 264 g/mol. The summed E-state index contributed by atoms with van der Waals surface area (Å²) in [6.45, 7) is 8.75. The van der Waals surface area contributed by atoms with Crippen molar-refractivity contribution in [2.45, 2.75) is 40.2 Å². The molecule has 0 saturated heterocycles. The zero-order valence-corrected chi connectivity index (χ0v) is 12.2. The van der Waals surface area contributed by atoms with Crippen molar-refractivity contribution in [3.05, 3.63) is 24.3 Å². The van der Waals surface area contributed by atoms with Gasteiger partial charge in [0.15, 0.2) is 0 Å². The van der Waals surface area contributed by atoms with Crippen LogP contribution in [0.1, 0.15) is 34.1 Å². The predicted molar refractivity (Wildman–Crippen MR) is 79.0 cm³/mol. The van der Waals surface area contributed by atoms with E-state index in [1.54, 1.807) is 19.1 Å². The Labute approximate surface area is 115 Å². The number of hydrogen-bond acceptors (Lipinski definition) is 3. The monoisotopic (exact) mass is 264 g/mol. The van der Waals surface area contributed by atoms with E-state index in [0.29, 0.717) is 18.0 Å². The van der Waals surface area contributed by atoms with Crippen LogP contribution in [-0.2, 0) is 9.53 Å². The van der Waals surface area contributed by atoms with Gasteiger partial charge in [-0.3, -0.25) is 4.79 Å². The second-order valence-corrected chi connectivity index (χ2v) is 5.90. The molecule has 0 saturated carbocycles. The summed E-state index contributed by atoms with van der Waals surface area (Å²) in [5.41, 5.74) is 7.16. The number of nitrogens with two attached hydrogens (primary N) is 1. The minimum atomic E-state index is -0.484. The first kappa shape index (κ1) is 15.5. The molecule has 1 unspecified atom stereocenters. The Morgan fingerprint density at radius 2 is 2.00 bits per heavy atom. The molecule has 0 aliphatic rings. The van der Waals surface area contributed by atoms with E-state index < -0.39 is 6.10 Å². The SMILES string of the molecule is CC(OCCC(C)(C)C)C(=O)Nc1ccccc1N. The van der Waals surface area contributed by atoms with Crippen LogP contribution in [0.4, 0.5) is 11.4 Å². The van der Waals surface area contributed by atoms with Gasteiger partial charge in [-0.2, -0.15) is 0 Å². The fourth-order valence-corrected chi connectivity index (χ4v) is 1.46. The van der Waals surface area contributed by atoms with Crippen molar-refractivity contribution in [1.82, 2.24) is 0 Å². The molecule has 1 aromatic carbocycles. The second kappa shape index (κ2) is 6.57. The standard InChI is InChI=1S/C15H24N2O2/c1-11(19-10-9-15(2,3)4)14(18)17-13-8-6-5-7-12(13)16/h5-8,11H,9-10,16H2,1-4H3,(H,17,18). The molecular weight excluding hydrogens is 240 g/mol. The lowest BCUT2D eigenvalue weighted by molar-refractivity contribution is -0.126. The van der Waals surface area contributed by atoms with Crippen LogP contribution in [0.25, 0.3) is 0 Å². The van der Waals surface area contributed by atoms with Gasteiger partial charge in [-0.25, -0.2) is 0 Å². The van der Waals surface area contributed by atoms with E-state index in [2.05, 4.69) is 26.1 Å². The zero-order valence-electron chi connectivity index (χ0n) is 12.2. The molecule has 0 aliphatic heterocycles. The van der Waals surface area contributed by atoms with Crippen molar-refractivity contribution in [1.29, 1.82) is 0 Å². The number of anilines is 2. The highest BCUT2D eigenvalue weighted by Gasteiger charge is 2.16. The summed E-state index contributed by atoms with van der Waals surface area (Å²) >= 11 is 0. The highest BCUT2D eigenvalue weighted by atomic mass is 16.5. The predicted octanol–water partition coefficient (Wildman–Crippen LogP) is 3.05.